The smallest absolute Gasteiger partial charge is 0.344 e. The van der Waals surface area contributed by atoms with E-state index in [1.807, 2.05) is 0 Å². The van der Waals surface area contributed by atoms with Crippen LogP contribution in [0.15, 0.2) is 42.5 Å². The lowest BCUT2D eigenvalue weighted by Crippen LogP contribution is -2.31. The van der Waals surface area contributed by atoms with Gasteiger partial charge in [0.25, 0.3) is 11.6 Å². The van der Waals surface area contributed by atoms with Crippen molar-refractivity contribution in [3.05, 3.63) is 57.6 Å². The summed E-state index contributed by atoms with van der Waals surface area (Å²) in [5.41, 5.74) is 0.0133. The van der Waals surface area contributed by atoms with Crippen molar-refractivity contribution in [2.75, 3.05) is 19.0 Å². The summed E-state index contributed by atoms with van der Waals surface area (Å²) < 4.78 is 15.3. The van der Waals surface area contributed by atoms with Gasteiger partial charge in [-0.15, -0.1) is 0 Å². The monoisotopic (exact) mass is 408 g/mol. The second-order valence-electron chi connectivity index (χ2n) is 5.48. The third-order valence-corrected chi connectivity index (χ3v) is 3.83. The molecular formula is C18H17ClN2O7. The summed E-state index contributed by atoms with van der Waals surface area (Å²) in [6.07, 6.45) is -1.14. The quantitative estimate of drug-likeness (QED) is 0.405. The van der Waals surface area contributed by atoms with Crippen molar-refractivity contribution in [2.45, 2.75) is 13.0 Å². The molecule has 1 atom stereocenters. The van der Waals surface area contributed by atoms with E-state index in [9.17, 15) is 19.7 Å². The Morgan fingerprint density at radius 1 is 1.21 bits per heavy atom. The number of para-hydroxylation sites is 1. The van der Waals surface area contributed by atoms with Crippen LogP contribution in [-0.4, -0.2) is 36.6 Å². The van der Waals surface area contributed by atoms with Crippen molar-refractivity contribution < 1.29 is 28.7 Å². The van der Waals surface area contributed by atoms with Gasteiger partial charge >= 0.3 is 5.97 Å². The molecule has 28 heavy (non-hydrogen) atoms. The molecule has 0 saturated carbocycles. The van der Waals surface area contributed by atoms with Crippen LogP contribution < -0.4 is 14.8 Å². The number of halogens is 1. The van der Waals surface area contributed by atoms with E-state index in [2.05, 4.69) is 5.32 Å². The van der Waals surface area contributed by atoms with Crippen LogP contribution in [0.2, 0.25) is 5.02 Å². The summed E-state index contributed by atoms with van der Waals surface area (Å²) in [5.74, 6) is -0.992. The van der Waals surface area contributed by atoms with E-state index in [1.54, 1.807) is 24.3 Å². The third kappa shape index (κ3) is 5.58. The number of carbonyl (C=O) groups excluding carboxylic acids is 2. The van der Waals surface area contributed by atoms with Crippen molar-refractivity contribution in [3.63, 3.8) is 0 Å². The minimum absolute atomic E-state index is 0.100. The molecule has 0 unspecified atom stereocenters. The number of ether oxygens (including phenoxy) is 3. The first-order chi connectivity index (χ1) is 13.3. The molecule has 2 aromatic carbocycles. The average molecular weight is 409 g/mol. The van der Waals surface area contributed by atoms with Gasteiger partial charge in [-0.3, -0.25) is 14.9 Å². The molecule has 0 heterocycles. The maximum Gasteiger partial charge on any atom is 0.344 e. The number of hydrogen-bond donors (Lipinski definition) is 1. The van der Waals surface area contributed by atoms with Gasteiger partial charge in [0, 0.05) is 6.07 Å². The van der Waals surface area contributed by atoms with Crippen molar-refractivity contribution in [1.82, 2.24) is 0 Å². The van der Waals surface area contributed by atoms with Crippen molar-refractivity contribution >= 4 is 34.9 Å². The first-order valence-electron chi connectivity index (χ1n) is 8.02. The number of non-ortho nitro benzene ring substituents is 1. The molecule has 0 aliphatic carbocycles. The molecule has 9 nitrogen and oxygen atoms in total. The van der Waals surface area contributed by atoms with Crippen LogP contribution in [0.1, 0.15) is 6.92 Å². The number of anilines is 1. The lowest BCUT2D eigenvalue weighted by Gasteiger charge is -2.15. The van der Waals surface area contributed by atoms with Crippen molar-refractivity contribution in [1.29, 1.82) is 0 Å². The molecule has 0 fully saturated rings. The molecule has 0 radical (unpaired) electrons. The topological polar surface area (TPSA) is 117 Å². The number of methoxy groups -OCH3 is 1. The fraction of sp³-hybridized carbons (Fsp3) is 0.222. The van der Waals surface area contributed by atoms with Gasteiger partial charge in [-0.05, 0) is 25.1 Å². The minimum atomic E-state index is -1.14. The molecule has 148 valence electrons. The molecular weight excluding hydrogens is 392 g/mol. The lowest BCUT2D eigenvalue weighted by molar-refractivity contribution is -0.384. The maximum absolute atomic E-state index is 12.2. The number of esters is 1. The number of carbonyl (C=O) groups is 2. The van der Waals surface area contributed by atoms with Gasteiger partial charge in [-0.1, -0.05) is 23.7 Å². The van der Waals surface area contributed by atoms with Crippen LogP contribution in [-0.2, 0) is 14.3 Å². The molecule has 0 aliphatic heterocycles. The molecule has 0 saturated heterocycles. The first kappa shape index (κ1) is 21.0. The van der Waals surface area contributed by atoms with Gasteiger partial charge in [0.2, 0.25) is 0 Å². The summed E-state index contributed by atoms with van der Waals surface area (Å²) >= 11 is 5.92. The first-order valence-corrected chi connectivity index (χ1v) is 8.39. The van der Waals surface area contributed by atoms with Crippen LogP contribution >= 0.6 is 11.6 Å². The molecule has 0 spiro atoms. The number of amides is 1. The predicted molar refractivity (Wildman–Crippen MR) is 101 cm³/mol. The number of nitro groups is 1. The molecule has 1 N–H and O–H groups in total. The summed E-state index contributed by atoms with van der Waals surface area (Å²) in [7, 11) is 1.31. The Balaban J connectivity index is 1.92. The zero-order valence-corrected chi connectivity index (χ0v) is 15.8. The van der Waals surface area contributed by atoms with E-state index in [0.717, 1.165) is 0 Å². The van der Waals surface area contributed by atoms with Gasteiger partial charge in [0.15, 0.2) is 12.7 Å². The highest BCUT2D eigenvalue weighted by Crippen LogP contribution is 2.29. The maximum atomic E-state index is 12.2. The number of nitrogens with one attached hydrogen (secondary N) is 1. The predicted octanol–water partition coefficient (Wildman–Crippen LogP) is 3.21. The van der Waals surface area contributed by atoms with Gasteiger partial charge in [0.05, 0.1) is 28.8 Å². The van der Waals surface area contributed by atoms with E-state index < -0.39 is 29.5 Å². The Morgan fingerprint density at radius 2 is 1.93 bits per heavy atom. The summed E-state index contributed by atoms with van der Waals surface area (Å²) in [5, 5.41) is 13.6. The Morgan fingerprint density at radius 3 is 2.57 bits per heavy atom. The van der Waals surface area contributed by atoms with E-state index in [0.29, 0.717) is 10.8 Å². The number of rotatable bonds is 8. The lowest BCUT2D eigenvalue weighted by atomic mass is 10.2. The van der Waals surface area contributed by atoms with Crippen LogP contribution in [0.5, 0.6) is 11.5 Å². The zero-order valence-electron chi connectivity index (χ0n) is 15.0. The molecule has 10 heteroatoms. The fourth-order valence-corrected chi connectivity index (χ4v) is 2.30. The van der Waals surface area contributed by atoms with Gasteiger partial charge < -0.3 is 19.5 Å². The van der Waals surface area contributed by atoms with Crippen LogP contribution in [0, 0.1) is 10.1 Å². The molecule has 0 aliphatic rings. The molecule has 0 aromatic heterocycles. The largest absolute Gasteiger partial charge is 0.494 e. The second kappa shape index (κ2) is 9.56. The highest BCUT2D eigenvalue weighted by molar-refractivity contribution is 6.32. The molecule has 2 aromatic rings. The molecule has 2 rings (SSSR count). The van der Waals surface area contributed by atoms with Gasteiger partial charge in [-0.2, -0.15) is 0 Å². The molecule has 0 bridgehead atoms. The highest BCUT2D eigenvalue weighted by Gasteiger charge is 2.21. The second-order valence-corrected chi connectivity index (χ2v) is 5.89. The standard InChI is InChI=1S/C18H17ClN2O7/c1-11(28-17(22)10-27-15-6-4-3-5-13(15)19)18(23)20-14-8-7-12(21(24)25)9-16(14)26-2/h3-9,11H,10H2,1-2H3,(H,20,23)/t11-/m0/s1. The van der Waals surface area contributed by atoms with Gasteiger partial charge in [0.1, 0.15) is 11.5 Å². The normalized spacial score (nSPS) is 11.2. The zero-order chi connectivity index (χ0) is 20.7. The van der Waals surface area contributed by atoms with E-state index in [4.69, 9.17) is 25.8 Å². The van der Waals surface area contributed by atoms with Crippen LogP contribution in [0.3, 0.4) is 0 Å². The van der Waals surface area contributed by atoms with E-state index in [1.165, 1.54) is 32.2 Å². The Bertz CT molecular complexity index is 888. The fourth-order valence-electron chi connectivity index (χ4n) is 2.11. The SMILES string of the molecule is COc1cc([N+](=O)[O-])ccc1NC(=O)[C@H](C)OC(=O)COc1ccccc1Cl. The Labute approximate surface area is 165 Å². The number of nitro benzene ring substituents is 1. The third-order valence-electron chi connectivity index (χ3n) is 3.51. The van der Waals surface area contributed by atoms with Crippen LogP contribution in [0.4, 0.5) is 11.4 Å². The highest BCUT2D eigenvalue weighted by atomic mass is 35.5. The summed E-state index contributed by atoms with van der Waals surface area (Å²) in [6.45, 7) is 0.947. The Kier molecular flexibility index (Phi) is 7.16. The van der Waals surface area contributed by atoms with Crippen molar-refractivity contribution in [3.8, 4) is 11.5 Å². The number of nitrogens with zero attached hydrogens (tertiary/aromatic N) is 1. The van der Waals surface area contributed by atoms with E-state index in [-0.39, 0.29) is 17.1 Å². The summed E-state index contributed by atoms with van der Waals surface area (Å²) in [6, 6.07) is 10.3. The number of benzene rings is 2. The summed E-state index contributed by atoms with van der Waals surface area (Å²) in [4.78, 5) is 34.3. The average Bonchev–Trinajstić information content (AvgIpc) is 2.67. The van der Waals surface area contributed by atoms with Crippen LogP contribution in [0.25, 0.3) is 0 Å². The minimum Gasteiger partial charge on any atom is -0.494 e. The van der Waals surface area contributed by atoms with E-state index >= 15 is 0 Å². The van der Waals surface area contributed by atoms with Crippen molar-refractivity contribution in [2.24, 2.45) is 0 Å². The Hall–Kier alpha value is -3.33. The number of hydrogen-bond acceptors (Lipinski definition) is 7. The van der Waals surface area contributed by atoms with Gasteiger partial charge in [-0.25, -0.2) is 4.79 Å². The molecule has 1 amide bonds.